The maximum Gasteiger partial charge on any atom is 0.129 e. The molecule has 0 unspecified atom stereocenters. The van der Waals surface area contributed by atoms with Crippen molar-refractivity contribution in [1.29, 1.82) is 0 Å². The lowest BCUT2D eigenvalue weighted by molar-refractivity contribution is 0.782. The summed E-state index contributed by atoms with van der Waals surface area (Å²) < 4.78 is 2.71. The molecule has 2 N–H and O–H groups in total. The first-order valence-electron chi connectivity index (χ1n) is 6.40. The Kier molecular flexibility index (Phi) is 3.74. The summed E-state index contributed by atoms with van der Waals surface area (Å²) in [6.45, 7) is 0. The maximum absolute atomic E-state index is 6.20. The number of hydrogen-bond acceptors (Lipinski definition) is 2. The smallest absolute Gasteiger partial charge is 0.129 e. The lowest BCUT2D eigenvalue weighted by Gasteiger charge is -2.05. The van der Waals surface area contributed by atoms with E-state index in [1.165, 1.54) is 0 Å². The Bertz CT molecular complexity index is 794. The number of hydrogen-bond donors (Lipinski definition) is 1. The van der Waals surface area contributed by atoms with E-state index in [1.807, 2.05) is 55.6 Å². The molecule has 0 atom stereocenters. The van der Waals surface area contributed by atoms with E-state index in [9.17, 15) is 0 Å². The van der Waals surface area contributed by atoms with Gasteiger partial charge in [-0.3, -0.25) is 4.68 Å². The van der Waals surface area contributed by atoms with Crippen molar-refractivity contribution in [3.63, 3.8) is 0 Å². The summed E-state index contributed by atoms with van der Waals surface area (Å²) in [5.74, 6) is 0.632. The zero-order valence-electron chi connectivity index (χ0n) is 11.3. The molecule has 0 amide bonds. The molecule has 0 spiro atoms. The lowest BCUT2D eigenvalue weighted by atomic mass is 10.0. The normalized spacial score (nSPS) is 10.8. The quantitative estimate of drug-likeness (QED) is 0.715. The van der Waals surface area contributed by atoms with Crippen LogP contribution in [0.3, 0.4) is 0 Å². The standard InChI is InChI=1S/C16H13BrClN3/c1-21-16(19)14(10-5-7-12(17)8-6-10)15(20-21)11-3-2-4-13(18)9-11/h2-9H,19H2,1H3. The first kappa shape index (κ1) is 14.2. The van der Waals surface area contributed by atoms with Crippen molar-refractivity contribution in [3.05, 3.63) is 58.0 Å². The number of nitrogens with zero attached hydrogens (tertiary/aromatic N) is 2. The van der Waals surface area contributed by atoms with E-state index in [1.54, 1.807) is 4.68 Å². The zero-order chi connectivity index (χ0) is 15.0. The van der Waals surface area contributed by atoms with Crippen molar-refractivity contribution in [3.8, 4) is 22.4 Å². The largest absolute Gasteiger partial charge is 0.383 e. The minimum atomic E-state index is 0.632. The number of aryl methyl sites for hydroxylation is 1. The van der Waals surface area contributed by atoms with Crippen molar-refractivity contribution in [1.82, 2.24) is 9.78 Å². The maximum atomic E-state index is 6.20. The van der Waals surface area contributed by atoms with E-state index in [-0.39, 0.29) is 0 Å². The molecule has 0 fully saturated rings. The average Bonchev–Trinajstić information content (AvgIpc) is 2.76. The molecule has 3 aromatic rings. The van der Waals surface area contributed by atoms with E-state index >= 15 is 0 Å². The SMILES string of the molecule is Cn1nc(-c2cccc(Cl)c2)c(-c2ccc(Br)cc2)c1N. The molecule has 21 heavy (non-hydrogen) atoms. The third kappa shape index (κ3) is 2.69. The molecule has 0 bridgehead atoms. The molecular formula is C16H13BrClN3. The second kappa shape index (κ2) is 5.54. The average molecular weight is 363 g/mol. The van der Waals surface area contributed by atoms with Crippen LogP contribution in [0, 0.1) is 0 Å². The van der Waals surface area contributed by atoms with Crippen LogP contribution in [0.25, 0.3) is 22.4 Å². The monoisotopic (exact) mass is 361 g/mol. The van der Waals surface area contributed by atoms with Crippen molar-refractivity contribution >= 4 is 33.3 Å². The molecule has 5 heteroatoms. The van der Waals surface area contributed by atoms with Gasteiger partial charge in [0, 0.05) is 22.1 Å². The van der Waals surface area contributed by atoms with Crippen molar-refractivity contribution in [2.75, 3.05) is 5.73 Å². The van der Waals surface area contributed by atoms with Crippen LogP contribution in [-0.2, 0) is 7.05 Å². The fourth-order valence-corrected chi connectivity index (χ4v) is 2.73. The number of rotatable bonds is 2. The predicted molar refractivity (Wildman–Crippen MR) is 91.2 cm³/mol. The second-order valence-electron chi connectivity index (χ2n) is 4.75. The van der Waals surface area contributed by atoms with Crippen molar-refractivity contribution < 1.29 is 0 Å². The van der Waals surface area contributed by atoms with Gasteiger partial charge in [-0.1, -0.05) is 51.8 Å². The van der Waals surface area contributed by atoms with Crippen molar-refractivity contribution in [2.45, 2.75) is 0 Å². The van der Waals surface area contributed by atoms with Gasteiger partial charge in [0.15, 0.2) is 0 Å². The Hall–Kier alpha value is -1.78. The van der Waals surface area contributed by atoms with Gasteiger partial charge in [-0.25, -0.2) is 0 Å². The molecule has 3 rings (SSSR count). The number of nitrogens with two attached hydrogens (primary N) is 1. The Morgan fingerprint density at radius 3 is 2.48 bits per heavy atom. The highest BCUT2D eigenvalue weighted by molar-refractivity contribution is 9.10. The summed E-state index contributed by atoms with van der Waals surface area (Å²) in [6, 6.07) is 15.6. The van der Waals surface area contributed by atoms with Crippen LogP contribution >= 0.6 is 27.5 Å². The minimum Gasteiger partial charge on any atom is -0.383 e. The molecule has 3 nitrogen and oxygen atoms in total. The third-order valence-electron chi connectivity index (χ3n) is 3.32. The molecule has 2 aromatic carbocycles. The van der Waals surface area contributed by atoms with Gasteiger partial charge in [-0.05, 0) is 29.8 Å². The van der Waals surface area contributed by atoms with Gasteiger partial charge < -0.3 is 5.73 Å². The Labute approximate surface area is 136 Å². The lowest BCUT2D eigenvalue weighted by Crippen LogP contribution is -1.97. The minimum absolute atomic E-state index is 0.632. The van der Waals surface area contributed by atoms with Crippen LogP contribution in [-0.4, -0.2) is 9.78 Å². The molecule has 0 aliphatic carbocycles. The Balaban J connectivity index is 2.23. The van der Waals surface area contributed by atoms with Crippen LogP contribution in [0.5, 0.6) is 0 Å². The molecule has 0 aliphatic rings. The van der Waals surface area contributed by atoms with E-state index in [4.69, 9.17) is 17.3 Å². The van der Waals surface area contributed by atoms with Gasteiger partial charge in [0.25, 0.3) is 0 Å². The number of benzene rings is 2. The van der Waals surface area contributed by atoms with Crippen LogP contribution in [0.4, 0.5) is 5.82 Å². The summed E-state index contributed by atoms with van der Waals surface area (Å²) in [5, 5.41) is 5.22. The summed E-state index contributed by atoms with van der Waals surface area (Å²) in [7, 11) is 1.84. The number of aromatic nitrogens is 2. The van der Waals surface area contributed by atoms with Gasteiger partial charge in [-0.2, -0.15) is 5.10 Å². The molecule has 1 aromatic heterocycles. The van der Waals surface area contributed by atoms with Crippen molar-refractivity contribution in [2.24, 2.45) is 7.05 Å². The molecule has 1 heterocycles. The summed E-state index contributed by atoms with van der Waals surface area (Å²) in [6.07, 6.45) is 0. The van der Waals surface area contributed by atoms with Crippen LogP contribution in [0.1, 0.15) is 0 Å². The summed E-state index contributed by atoms with van der Waals surface area (Å²) in [4.78, 5) is 0. The van der Waals surface area contributed by atoms with Gasteiger partial charge in [0.2, 0.25) is 0 Å². The van der Waals surface area contributed by atoms with E-state index in [0.29, 0.717) is 10.8 Å². The molecule has 0 aliphatic heterocycles. The van der Waals surface area contributed by atoms with Crippen LogP contribution in [0.2, 0.25) is 5.02 Å². The fraction of sp³-hybridized carbons (Fsp3) is 0.0625. The molecule has 0 radical (unpaired) electrons. The fourth-order valence-electron chi connectivity index (χ4n) is 2.28. The molecule has 0 saturated heterocycles. The first-order valence-corrected chi connectivity index (χ1v) is 7.57. The summed E-state index contributed by atoms with van der Waals surface area (Å²) >= 11 is 9.53. The predicted octanol–water partition coefficient (Wildman–Crippen LogP) is 4.75. The van der Waals surface area contributed by atoms with E-state index < -0.39 is 0 Å². The van der Waals surface area contributed by atoms with Gasteiger partial charge in [0.1, 0.15) is 11.5 Å². The van der Waals surface area contributed by atoms with Gasteiger partial charge in [-0.15, -0.1) is 0 Å². The molecule has 106 valence electrons. The number of halogens is 2. The third-order valence-corrected chi connectivity index (χ3v) is 4.09. The topological polar surface area (TPSA) is 43.8 Å². The van der Waals surface area contributed by atoms with Crippen LogP contribution in [0.15, 0.2) is 53.0 Å². The summed E-state index contributed by atoms with van der Waals surface area (Å²) in [5.41, 5.74) is 9.94. The van der Waals surface area contributed by atoms with Crippen LogP contribution < -0.4 is 5.73 Å². The van der Waals surface area contributed by atoms with Gasteiger partial charge in [0.05, 0.1) is 5.56 Å². The van der Waals surface area contributed by atoms with E-state index in [0.717, 1.165) is 26.9 Å². The second-order valence-corrected chi connectivity index (χ2v) is 6.10. The highest BCUT2D eigenvalue weighted by Crippen LogP contribution is 2.36. The number of nitrogen functional groups attached to an aromatic ring is 1. The van der Waals surface area contributed by atoms with E-state index in [2.05, 4.69) is 21.0 Å². The molecular weight excluding hydrogens is 350 g/mol. The Morgan fingerprint density at radius 1 is 1.10 bits per heavy atom. The Morgan fingerprint density at radius 2 is 1.81 bits per heavy atom. The zero-order valence-corrected chi connectivity index (χ0v) is 13.7. The first-order chi connectivity index (χ1) is 10.1. The van der Waals surface area contributed by atoms with Gasteiger partial charge >= 0.3 is 0 Å². The molecule has 0 saturated carbocycles. The highest BCUT2D eigenvalue weighted by Gasteiger charge is 2.17. The number of anilines is 1. The highest BCUT2D eigenvalue weighted by atomic mass is 79.9.